The minimum Gasteiger partial charge on any atom is -0.508 e. The van der Waals surface area contributed by atoms with Crippen LogP contribution in [0.25, 0.3) is 17.2 Å². The van der Waals surface area contributed by atoms with Gasteiger partial charge in [0.05, 0.1) is 7.11 Å². The lowest BCUT2D eigenvalue weighted by Gasteiger charge is -2.05. The zero-order valence-corrected chi connectivity index (χ0v) is 14.3. The monoisotopic (exact) mass is 346 g/mol. The van der Waals surface area contributed by atoms with Gasteiger partial charge in [-0.25, -0.2) is 4.79 Å². The summed E-state index contributed by atoms with van der Waals surface area (Å²) in [6.07, 6.45) is 3.07. The van der Waals surface area contributed by atoms with E-state index in [1.54, 1.807) is 37.5 Å². The molecule has 0 saturated carbocycles. The Bertz CT molecular complexity index is 892. The molecule has 0 aromatic heterocycles. The molecule has 3 aromatic carbocycles. The van der Waals surface area contributed by atoms with Crippen LogP contribution in [0.15, 0.2) is 78.9 Å². The van der Waals surface area contributed by atoms with Crippen molar-refractivity contribution in [2.24, 2.45) is 0 Å². The van der Waals surface area contributed by atoms with Crippen LogP contribution in [0, 0.1) is 0 Å². The number of phenolic OH excluding ortho intramolecular Hbond substituents is 1. The second kappa shape index (κ2) is 8.03. The van der Waals surface area contributed by atoms with Gasteiger partial charge in [0.15, 0.2) is 0 Å². The number of carbonyl (C=O) groups excluding carboxylic acids is 1. The average Bonchev–Trinajstić information content (AvgIpc) is 2.68. The number of esters is 1. The topological polar surface area (TPSA) is 55.8 Å². The SMILES string of the molecule is COc1ccc(/C=C/C(=O)Oc2ccc(-c3ccc(O)cc3)cc2)cc1. The van der Waals surface area contributed by atoms with Crippen molar-refractivity contribution in [3.63, 3.8) is 0 Å². The Morgan fingerprint density at radius 3 is 1.92 bits per heavy atom. The molecule has 4 heteroatoms. The molecule has 0 bridgehead atoms. The van der Waals surface area contributed by atoms with Crippen LogP contribution >= 0.6 is 0 Å². The first-order valence-electron chi connectivity index (χ1n) is 8.07. The highest BCUT2D eigenvalue weighted by molar-refractivity contribution is 5.88. The standard InChI is InChI=1S/C22H18O4/c1-25-20-11-2-16(3-12-20)4-15-22(24)26-21-13-7-18(8-14-21)17-5-9-19(23)10-6-17/h2-15,23H,1H3/b15-4+. The van der Waals surface area contributed by atoms with Crippen LogP contribution < -0.4 is 9.47 Å². The maximum Gasteiger partial charge on any atom is 0.336 e. The molecule has 0 atom stereocenters. The number of aromatic hydroxyl groups is 1. The number of benzene rings is 3. The van der Waals surface area contributed by atoms with Gasteiger partial charge in [0.2, 0.25) is 0 Å². The second-order valence-electron chi connectivity index (χ2n) is 5.60. The first kappa shape index (κ1) is 17.3. The third-order valence-electron chi connectivity index (χ3n) is 3.80. The van der Waals surface area contributed by atoms with Gasteiger partial charge in [-0.1, -0.05) is 36.4 Å². The highest BCUT2D eigenvalue weighted by atomic mass is 16.5. The van der Waals surface area contributed by atoms with Crippen molar-refractivity contribution >= 4 is 12.0 Å². The Morgan fingerprint density at radius 2 is 1.35 bits per heavy atom. The van der Waals surface area contributed by atoms with Gasteiger partial charge in [-0.2, -0.15) is 0 Å². The molecular weight excluding hydrogens is 328 g/mol. The van der Waals surface area contributed by atoms with Crippen LogP contribution in [0.3, 0.4) is 0 Å². The van der Waals surface area contributed by atoms with E-state index in [1.807, 2.05) is 48.5 Å². The fourth-order valence-electron chi connectivity index (χ4n) is 2.40. The number of phenols is 1. The summed E-state index contributed by atoms with van der Waals surface area (Å²) >= 11 is 0. The summed E-state index contributed by atoms with van der Waals surface area (Å²) in [5.74, 6) is 1.01. The summed E-state index contributed by atoms with van der Waals surface area (Å²) in [5, 5.41) is 9.34. The number of ether oxygens (including phenoxy) is 2. The summed E-state index contributed by atoms with van der Waals surface area (Å²) in [4.78, 5) is 11.9. The summed E-state index contributed by atoms with van der Waals surface area (Å²) < 4.78 is 10.4. The number of hydrogen-bond donors (Lipinski definition) is 1. The van der Waals surface area contributed by atoms with Gasteiger partial charge >= 0.3 is 5.97 Å². The molecule has 3 rings (SSSR count). The largest absolute Gasteiger partial charge is 0.508 e. The van der Waals surface area contributed by atoms with Crippen molar-refractivity contribution in [3.05, 3.63) is 84.4 Å². The summed E-state index contributed by atoms with van der Waals surface area (Å²) in [5.41, 5.74) is 2.82. The van der Waals surface area contributed by atoms with E-state index < -0.39 is 5.97 Å². The van der Waals surface area contributed by atoms with Crippen molar-refractivity contribution in [2.75, 3.05) is 7.11 Å². The summed E-state index contributed by atoms with van der Waals surface area (Å²) in [7, 11) is 1.61. The van der Waals surface area contributed by atoms with E-state index in [9.17, 15) is 9.90 Å². The van der Waals surface area contributed by atoms with Crippen LogP contribution in [0.5, 0.6) is 17.2 Å². The van der Waals surface area contributed by atoms with Gasteiger partial charge in [0.25, 0.3) is 0 Å². The minimum atomic E-state index is -0.446. The highest BCUT2D eigenvalue weighted by Crippen LogP contribution is 2.24. The normalized spacial score (nSPS) is 10.7. The van der Waals surface area contributed by atoms with E-state index in [4.69, 9.17) is 9.47 Å². The van der Waals surface area contributed by atoms with Crippen LogP contribution in [0.2, 0.25) is 0 Å². The molecule has 0 aliphatic rings. The zero-order chi connectivity index (χ0) is 18.4. The van der Waals surface area contributed by atoms with Crippen LogP contribution in [0.1, 0.15) is 5.56 Å². The number of methoxy groups -OCH3 is 1. The molecule has 3 aromatic rings. The fourth-order valence-corrected chi connectivity index (χ4v) is 2.40. The van der Waals surface area contributed by atoms with E-state index in [-0.39, 0.29) is 5.75 Å². The molecule has 0 aliphatic heterocycles. The third kappa shape index (κ3) is 4.51. The van der Waals surface area contributed by atoms with Gasteiger partial charge in [-0.05, 0) is 59.2 Å². The van der Waals surface area contributed by atoms with E-state index >= 15 is 0 Å². The lowest BCUT2D eigenvalue weighted by atomic mass is 10.1. The van der Waals surface area contributed by atoms with Gasteiger partial charge in [-0.15, -0.1) is 0 Å². The molecule has 0 spiro atoms. The van der Waals surface area contributed by atoms with Gasteiger partial charge < -0.3 is 14.6 Å². The number of rotatable bonds is 5. The van der Waals surface area contributed by atoms with Gasteiger partial charge in [-0.3, -0.25) is 0 Å². The van der Waals surface area contributed by atoms with Crippen molar-refractivity contribution in [2.45, 2.75) is 0 Å². The molecule has 1 N–H and O–H groups in total. The van der Waals surface area contributed by atoms with E-state index in [0.29, 0.717) is 5.75 Å². The van der Waals surface area contributed by atoms with E-state index in [0.717, 1.165) is 22.4 Å². The molecule has 4 nitrogen and oxygen atoms in total. The van der Waals surface area contributed by atoms with Gasteiger partial charge in [0, 0.05) is 6.08 Å². The average molecular weight is 346 g/mol. The smallest absolute Gasteiger partial charge is 0.336 e. The zero-order valence-electron chi connectivity index (χ0n) is 14.3. The predicted octanol–water partition coefficient (Wildman–Crippen LogP) is 4.69. The highest BCUT2D eigenvalue weighted by Gasteiger charge is 2.03. The molecule has 130 valence electrons. The fraction of sp³-hybridized carbons (Fsp3) is 0.0455. The molecular formula is C22H18O4. The van der Waals surface area contributed by atoms with Crippen LogP contribution in [-0.2, 0) is 4.79 Å². The van der Waals surface area contributed by atoms with E-state index in [2.05, 4.69) is 0 Å². The van der Waals surface area contributed by atoms with Crippen molar-refractivity contribution in [3.8, 4) is 28.4 Å². The summed E-state index contributed by atoms with van der Waals surface area (Å²) in [6, 6.07) is 21.5. The maximum absolute atomic E-state index is 11.9. The molecule has 0 aliphatic carbocycles. The number of carbonyl (C=O) groups is 1. The molecule has 0 radical (unpaired) electrons. The Kier molecular flexibility index (Phi) is 5.34. The Labute approximate surface area is 151 Å². The lowest BCUT2D eigenvalue weighted by molar-refractivity contribution is -0.128. The molecule has 0 amide bonds. The Morgan fingerprint density at radius 1 is 0.808 bits per heavy atom. The molecule has 0 unspecified atom stereocenters. The summed E-state index contributed by atoms with van der Waals surface area (Å²) in [6.45, 7) is 0. The Balaban J connectivity index is 1.61. The molecule has 0 heterocycles. The minimum absolute atomic E-state index is 0.225. The van der Waals surface area contributed by atoms with Crippen LogP contribution in [0.4, 0.5) is 0 Å². The van der Waals surface area contributed by atoms with Crippen LogP contribution in [-0.4, -0.2) is 18.2 Å². The predicted molar refractivity (Wildman–Crippen MR) is 101 cm³/mol. The second-order valence-corrected chi connectivity index (χ2v) is 5.60. The molecule has 26 heavy (non-hydrogen) atoms. The van der Waals surface area contributed by atoms with Crippen molar-refractivity contribution in [1.29, 1.82) is 0 Å². The first-order chi connectivity index (χ1) is 12.6. The third-order valence-corrected chi connectivity index (χ3v) is 3.80. The number of hydrogen-bond acceptors (Lipinski definition) is 4. The molecule has 0 saturated heterocycles. The van der Waals surface area contributed by atoms with Gasteiger partial charge in [0.1, 0.15) is 17.2 Å². The van der Waals surface area contributed by atoms with E-state index in [1.165, 1.54) is 6.08 Å². The Hall–Kier alpha value is -3.53. The first-order valence-corrected chi connectivity index (χ1v) is 8.07. The molecule has 0 fully saturated rings. The quantitative estimate of drug-likeness (QED) is 0.414. The maximum atomic E-state index is 11.9. The lowest BCUT2D eigenvalue weighted by Crippen LogP contribution is -2.03. The van der Waals surface area contributed by atoms with Crippen molar-refractivity contribution < 1.29 is 19.4 Å². The van der Waals surface area contributed by atoms with Crippen molar-refractivity contribution in [1.82, 2.24) is 0 Å².